The number of fused-ring (bicyclic) bond motifs is 1. The lowest BCUT2D eigenvalue weighted by molar-refractivity contribution is 0.122. The van der Waals surface area contributed by atoms with Crippen molar-refractivity contribution in [2.24, 2.45) is 0 Å². The zero-order valence-corrected chi connectivity index (χ0v) is 19.4. The fourth-order valence-corrected chi connectivity index (χ4v) is 4.50. The Morgan fingerprint density at radius 3 is 2.76 bits per heavy atom. The van der Waals surface area contributed by atoms with Gasteiger partial charge in [-0.15, -0.1) is 0 Å². The van der Waals surface area contributed by atoms with Crippen molar-refractivity contribution in [3.8, 4) is 5.82 Å². The number of aromatic nitrogens is 5. The maximum absolute atomic E-state index is 5.59. The number of rotatable bonds is 8. The van der Waals surface area contributed by atoms with E-state index in [1.807, 2.05) is 53.7 Å². The van der Waals surface area contributed by atoms with Crippen molar-refractivity contribution >= 4 is 17.0 Å². The molecule has 3 aromatic rings. The van der Waals surface area contributed by atoms with Crippen LogP contribution in [-0.2, 0) is 10.2 Å². The van der Waals surface area contributed by atoms with E-state index in [4.69, 9.17) is 19.9 Å². The van der Waals surface area contributed by atoms with Crippen molar-refractivity contribution in [3.63, 3.8) is 0 Å². The van der Waals surface area contributed by atoms with Crippen LogP contribution in [-0.4, -0.2) is 64.3 Å². The van der Waals surface area contributed by atoms with E-state index in [9.17, 15) is 0 Å². The van der Waals surface area contributed by atoms with Gasteiger partial charge >= 0.3 is 0 Å². The van der Waals surface area contributed by atoms with E-state index < -0.39 is 0 Å². The van der Waals surface area contributed by atoms with Crippen molar-refractivity contribution in [1.82, 2.24) is 29.7 Å². The van der Waals surface area contributed by atoms with Gasteiger partial charge in [0.25, 0.3) is 0 Å². The Kier molecular flexibility index (Phi) is 5.86. The van der Waals surface area contributed by atoms with Gasteiger partial charge in [-0.1, -0.05) is 30.9 Å². The van der Waals surface area contributed by atoms with E-state index in [2.05, 4.69) is 28.9 Å². The van der Waals surface area contributed by atoms with Crippen molar-refractivity contribution in [1.29, 1.82) is 0 Å². The molecule has 0 spiro atoms. The first-order valence-corrected chi connectivity index (χ1v) is 11.6. The summed E-state index contributed by atoms with van der Waals surface area (Å²) in [5.74, 6) is 1.79. The van der Waals surface area contributed by atoms with Gasteiger partial charge in [0, 0.05) is 49.0 Å². The summed E-state index contributed by atoms with van der Waals surface area (Å²) in [5, 5.41) is 13.2. The molecule has 0 radical (unpaired) electrons. The van der Waals surface area contributed by atoms with Gasteiger partial charge in [0.15, 0.2) is 11.5 Å². The Balaban J connectivity index is 1.60. The third-order valence-electron chi connectivity index (χ3n) is 6.41. The molecule has 172 valence electrons. The lowest BCUT2D eigenvalue weighted by atomic mass is 10.0. The van der Waals surface area contributed by atoms with Gasteiger partial charge in [-0.25, -0.2) is 9.67 Å². The summed E-state index contributed by atoms with van der Waals surface area (Å²) < 4.78 is 9.41. The third-order valence-corrected chi connectivity index (χ3v) is 6.41. The van der Waals surface area contributed by atoms with E-state index in [0.29, 0.717) is 13.2 Å². The highest BCUT2D eigenvalue weighted by Gasteiger charge is 2.45. The average molecular weight is 446 g/mol. The number of nitrogens with zero attached hydrogens (tertiary/aromatic N) is 6. The molecule has 0 amide bonds. The Morgan fingerprint density at radius 2 is 2.06 bits per heavy atom. The molecule has 1 saturated carbocycles. The van der Waals surface area contributed by atoms with E-state index >= 15 is 0 Å². The summed E-state index contributed by atoms with van der Waals surface area (Å²) in [5.41, 5.74) is 3.94. The summed E-state index contributed by atoms with van der Waals surface area (Å²) in [6, 6.07) is 6.23. The van der Waals surface area contributed by atoms with Gasteiger partial charge < -0.3 is 15.0 Å². The van der Waals surface area contributed by atoms with Crippen molar-refractivity contribution in [2.45, 2.75) is 25.2 Å². The Hall–Kier alpha value is -3.23. The van der Waals surface area contributed by atoms with Crippen LogP contribution in [0.15, 0.2) is 55.3 Å². The minimum Gasteiger partial charge on any atom is -0.378 e. The Morgan fingerprint density at radius 1 is 1.24 bits per heavy atom. The van der Waals surface area contributed by atoms with Crippen LogP contribution in [0.2, 0.25) is 0 Å². The zero-order chi connectivity index (χ0) is 22.8. The number of hydrogen-bond acceptors (Lipinski definition) is 6. The number of anilines is 1. The first-order valence-electron chi connectivity index (χ1n) is 11.6. The summed E-state index contributed by atoms with van der Waals surface area (Å²) in [4.78, 5) is 7.24. The molecule has 2 aliphatic rings. The molecule has 0 unspecified atom stereocenters. The molecule has 5 rings (SSSR count). The third kappa shape index (κ3) is 4.12. The normalized spacial score (nSPS) is 18.4. The number of morpholine rings is 1. The highest BCUT2D eigenvalue weighted by molar-refractivity contribution is 5.75. The fourth-order valence-electron chi connectivity index (χ4n) is 4.50. The predicted octanol–water partition coefficient (Wildman–Crippen LogP) is 3.15. The molecular formula is C25H31N7O. The first kappa shape index (κ1) is 21.6. The number of allylic oxidation sites excluding steroid dienone is 5. The second-order valence-electron chi connectivity index (χ2n) is 8.69. The van der Waals surface area contributed by atoms with Gasteiger partial charge in [0.05, 0.1) is 24.6 Å². The van der Waals surface area contributed by atoms with Gasteiger partial charge in [0.2, 0.25) is 0 Å². The molecule has 8 heteroatoms. The molecule has 1 aliphatic carbocycles. The van der Waals surface area contributed by atoms with Crippen molar-refractivity contribution in [2.75, 3.05) is 44.8 Å². The van der Waals surface area contributed by atoms with Gasteiger partial charge in [-0.2, -0.15) is 14.7 Å². The summed E-state index contributed by atoms with van der Waals surface area (Å²) in [7, 11) is 2.00. The van der Waals surface area contributed by atoms with Crippen LogP contribution in [0, 0.1) is 0 Å². The number of likely N-dealkylation sites (N-methyl/N-ethyl adjacent to an activating group) is 1. The number of ether oxygens (including phenoxy) is 1. The van der Waals surface area contributed by atoms with Crippen LogP contribution in [0.1, 0.15) is 31.2 Å². The van der Waals surface area contributed by atoms with E-state index in [-0.39, 0.29) is 5.41 Å². The van der Waals surface area contributed by atoms with Crippen molar-refractivity contribution < 1.29 is 4.74 Å². The molecule has 3 aromatic heterocycles. The molecule has 0 atom stereocenters. The number of nitrogens with one attached hydrogen (secondary N) is 1. The summed E-state index contributed by atoms with van der Waals surface area (Å²) >= 11 is 0. The molecule has 1 aliphatic heterocycles. The summed E-state index contributed by atoms with van der Waals surface area (Å²) in [6.07, 6.45) is 12.2. The second kappa shape index (κ2) is 8.96. The molecule has 8 nitrogen and oxygen atoms in total. The maximum atomic E-state index is 5.59. The van der Waals surface area contributed by atoms with Gasteiger partial charge in [0.1, 0.15) is 5.82 Å². The maximum Gasteiger partial charge on any atom is 0.160 e. The second-order valence-corrected chi connectivity index (χ2v) is 8.69. The largest absolute Gasteiger partial charge is 0.378 e. The summed E-state index contributed by atoms with van der Waals surface area (Å²) in [6.45, 7) is 9.82. The van der Waals surface area contributed by atoms with Crippen LogP contribution >= 0.6 is 0 Å². The Bertz CT molecular complexity index is 1210. The quantitative estimate of drug-likeness (QED) is 0.537. The van der Waals surface area contributed by atoms with Crippen LogP contribution in [0.3, 0.4) is 0 Å². The highest BCUT2D eigenvalue weighted by Crippen LogP contribution is 2.46. The van der Waals surface area contributed by atoms with Crippen LogP contribution in [0.25, 0.3) is 17.0 Å². The minimum absolute atomic E-state index is 0.164. The lowest BCUT2D eigenvalue weighted by Gasteiger charge is -2.29. The molecule has 4 heterocycles. The molecule has 2 fully saturated rings. The predicted molar refractivity (Wildman–Crippen MR) is 131 cm³/mol. The van der Waals surface area contributed by atoms with Crippen LogP contribution in [0.4, 0.5) is 5.82 Å². The number of hydrogen-bond donors (Lipinski definition) is 1. The molecule has 0 aromatic carbocycles. The van der Waals surface area contributed by atoms with Crippen LogP contribution in [0.5, 0.6) is 0 Å². The molecular weight excluding hydrogens is 414 g/mol. The molecule has 0 bridgehead atoms. The smallest absolute Gasteiger partial charge is 0.160 e. The van der Waals surface area contributed by atoms with E-state index in [1.165, 1.54) is 12.8 Å². The zero-order valence-electron chi connectivity index (χ0n) is 19.4. The first-order chi connectivity index (χ1) is 16.2. The molecule has 1 N–H and O–H groups in total. The van der Waals surface area contributed by atoms with Gasteiger partial charge in [-0.3, -0.25) is 0 Å². The van der Waals surface area contributed by atoms with E-state index in [0.717, 1.165) is 53.9 Å². The monoisotopic (exact) mass is 445 g/mol. The van der Waals surface area contributed by atoms with E-state index in [1.54, 1.807) is 6.08 Å². The van der Waals surface area contributed by atoms with Gasteiger partial charge in [-0.05, 0) is 32.9 Å². The van der Waals surface area contributed by atoms with Crippen molar-refractivity contribution in [3.05, 3.63) is 66.7 Å². The molecule has 1 saturated heterocycles. The SMILES string of the molecule is C=C/C=C(\C=C/C)c1cc2nc(-n3ccc(C4(CNC)CC4)n3)cc(N3CCOCC3)n2n1. The highest BCUT2D eigenvalue weighted by atomic mass is 16.5. The minimum atomic E-state index is 0.164. The van der Waals surface area contributed by atoms with Crippen LogP contribution < -0.4 is 10.2 Å². The Labute approximate surface area is 194 Å². The fraction of sp³-hybridized carbons (Fsp3) is 0.400. The average Bonchev–Trinajstić information content (AvgIpc) is 3.25. The topological polar surface area (TPSA) is 72.5 Å². The standard InChI is InChI=1S/C25H31N7O/c1-4-6-19(7-5-2)20-16-23-27-22(17-24(32(23)28-20)30-12-14-33-15-13-30)31-11-8-21(29-31)25(9-10-25)18-26-3/h4-8,11,16-17,26H,1,9-10,12-15,18H2,2-3H3/b7-5-,19-6+. The lowest BCUT2D eigenvalue weighted by Crippen LogP contribution is -2.37. The molecule has 33 heavy (non-hydrogen) atoms.